The van der Waals surface area contributed by atoms with E-state index in [0.29, 0.717) is 0 Å². The zero-order chi connectivity index (χ0) is 19.1. The molecule has 0 fully saturated rings. The molecule has 1 unspecified atom stereocenters. The summed E-state index contributed by atoms with van der Waals surface area (Å²) in [7, 11) is 0. The third-order valence-corrected chi connectivity index (χ3v) is 4.65. The van der Waals surface area contributed by atoms with E-state index in [-0.39, 0.29) is 0 Å². The van der Waals surface area contributed by atoms with E-state index >= 15 is 0 Å². The fourth-order valence-electron chi connectivity index (χ4n) is 2.99. The Kier molecular flexibility index (Phi) is 6.10. The first kappa shape index (κ1) is 18.9. The first-order chi connectivity index (χ1) is 13.1. The second-order valence-electron chi connectivity index (χ2n) is 6.79. The van der Waals surface area contributed by atoms with Crippen LogP contribution in [-0.2, 0) is 5.60 Å². The van der Waals surface area contributed by atoms with Crippen molar-refractivity contribution in [2.75, 3.05) is 0 Å². The van der Waals surface area contributed by atoms with Crippen molar-refractivity contribution in [1.82, 2.24) is 0 Å². The van der Waals surface area contributed by atoms with E-state index in [1.54, 1.807) is 0 Å². The monoisotopic (exact) mass is 358 g/mol. The van der Waals surface area contributed by atoms with Crippen molar-refractivity contribution < 1.29 is 9.84 Å². The molecule has 1 atom stereocenters. The van der Waals surface area contributed by atoms with Crippen LogP contribution in [0.5, 0.6) is 11.5 Å². The van der Waals surface area contributed by atoms with Crippen LogP contribution in [0.1, 0.15) is 43.4 Å². The quantitative estimate of drug-likeness (QED) is 0.519. The van der Waals surface area contributed by atoms with Crippen molar-refractivity contribution in [2.45, 2.75) is 32.3 Å². The minimum atomic E-state index is -1.04. The van der Waals surface area contributed by atoms with Crippen molar-refractivity contribution in [2.24, 2.45) is 0 Å². The molecule has 0 amide bonds. The maximum atomic E-state index is 11.0. The Morgan fingerprint density at radius 2 is 1.48 bits per heavy atom. The van der Waals surface area contributed by atoms with Gasteiger partial charge in [0.05, 0.1) is 0 Å². The van der Waals surface area contributed by atoms with E-state index in [9.17, 15) is 5.11 Å². The van der Waals surface area contributed by atoms with Gasteiger partial charge in [0.1, 0.15) is 17.1 Å². The molecule has 0 aromatic heterocycles. The van der Waals surface area contributed by atoms with Gasteiger partial charge in [-0.3, -0.25) is 0 Å². The zero-order valence-corrected chi connectivity index (χ0v) is 15.9. The first-order valence-corrected chi connectivity index (χ1v) is 9.43. The molecule has 2 nitrogen and oxygen atoms in total. The molecule has 3 rings (SSSR count). The van der Waals surface area contributed by atoms with Gasteiger partial charge in [-0.05, 0) is 42.7 Å². The second-order valence-corrected chi connectivity index (χ2v) is 6.79. The Morgan fingerprint density at radius 1 is 0.852 bits per heavy atom. The smallest absolute Gasteiger partial charge is 0.134 e. The maximum absolute atomic E-state index is 11.0. The molecule has 0 heterocycles. The predicted octanol–water partition coefficient (Wildman–Crippen LogP) is 6.55. The fraction of sp³-hybridized carbons (Fsp3) is 0.200. The summed E-state index contributed by atoms with van der Waals surface area (Å²) in [6, 6.07) is 25.3. The number of aliphatic hydroxyl groups is 1. The van der Waals surface area contributed by atoms with Gasteiger partial charge in [0.25, 0.3) is 0 Å². The topological polar surface area (TPSA) is 29.5 Å². The van der Waals surface area contributed by atoms with Crippen LogP contribution in [0.4, 0.5) is 0 Å². The number of para-hydroxylation sites is 1. The molecule has 138 valence electrons. The second kappa shape index (κ2) is 8.70. The summed E-state index contributed by atoms with van der Waals surface area (Å²) in [6.07, 6.45) is 6.45. The van der Waals surface area contributed by atoms with Gasteiger partial charge in [-0.15, -0.1) is 0 Å². The lowest BCUT2D eigenvalue weighted by atomic mass is 9.88. The molecule has 1 N–H and O–H groups in total. The highest BCUT2D eigenvalue weighted by Gasteiger charge is 2.25. The molecule has 0 aliphatic carbocycles. The lowest BCUT2D eigenvalue weighted by molar-refractivity contribution is 0.102. The number of hydrogen-bond donors (Lipinski definition) is 1. The van der Waals surface area contributed by atoms with Gasteiger partial charge in [-0.2, -0.15) is 0 Å². The van der Waals surface area contributed by atoms with Gasteiger partial charge in [-0.1, -0.05) is 86.2 Å². The summed E-state index contributed by atoms with van der Waals surface area (Å²) in [4.78, 5) is 0. The van der Waals surface area contributed by atoms with Crippen molar-refractivity contribution in [1.29, 1.82) is 0 Å². The van der Waals surface area contributed by atoms with E-state index in [2.05, 4.69) is 25.1 Å². The van der Waals surface area contributed by atoms with Crippen LogP contribution in [0.15, 0.2) is 84.9 Å². The molecule has 0 saturated heterocycles. The number of hydrogen-bond acceptors (Lipinski definition) is 2. The first-order valence-electron chi connectivity index (χ1n) is 9.43. The molecule has 2 heteroatoms. The van der Waals surface area contributed by atoms with Crippen LogP contribution in [0.25, 0.3) is 6.08 Å². The van der Waals surface area contributed by atoms with Crippen LogP contribution < -0.4 is 4.74 Å². The molecule has 0 spiro atoms. The molecule has 3 aromatic carbocycles. The Labute approximate surface area is 161 Å². The molecule has 3 aromatic rings. The molecule has 0 aliphatic heterocycles. The number of rotatable bonds is 7. The number of benzene rings is 3. The molecule has 0 bridgehead atoms. The number of unbranched alkanes of at least 4 members (excludes halogenated alkanes) is 1. The van der Waals surface area contributed by atoms with Crippen molar-refractivity contribution in [3.63, 3.8) is 0 Å². The molecular weight excluding hydrogens is 332 g/mol. The molecular formula is C25H26O2. The largest absolute Gasteiger partial charge is 0.457 e. The van der Waals surface area contributed by atoms with Crippen LogP contribution >= 0.6 is 0 Å². The average Bonchev–Trinajstić information content (AvgIpc) is 2.70. The highest BCUT2D eigenvalue weighted by molar-refractivity contribution is 5.58. The Morgan fingerprint density at radius 3 is 2.19 bits per heavy atom. The third-order valence-electron chi connectivity index (χ3n) is 4.65. The zero-order valence-electron chi connectivity index (χ0n) is 15.9. The van der Waals surface area contributed by atoms with Crippen molar-refractivity contribution in [3.8, 4) is 11.5 Å². The molecule has 0 saturated carbocycles. The van der Waals surface area contributed by atoms with E-state index in [1.165, 1.54) is 0 Å². The lowest BCUT2D eigenvalue weighted by Crippen LogP contribution is -2.22. The molecule has 27 heavy (non-hydrogen) atoms. The van der Waals surface area contributed by atoms with Gasteiger partial charge in [0, 0.05) is 5.56 Å². The van der Waals surface area contributed by atoms with E-state index in [4.69, 9.17) is 4.74 Å². The summed E-state index contributed by atoms with van der Waals surface area (Å²) < 4.78 is 6.08. The van der Waals surface area contributed by atoms with Crippen LogP contribution in [0, 0.1) is 0 Å². The van der Waals surface area contributed by atoms with Crippen molar-refractivity contribution >= 4 is 6.08 Å². The Balaban J connectivity index is 1.79. The number of allylic oxidation sites excluding steroid dienone is 1. The summed E-state index contributed by atoms with van der Waals surface area (Å²) in [5, 5.41) is 11.0. The van der Waals surface area contributed by atoms with Gasteiger partial charge >= 0.3 is 0 Å². The van der Waals surface area contributed by atoms with E-state index in [1.807, 2.05) is 79.7 Å². The highest BCUT2D eigenvalue weighted by Crippen LogP contribution is 2.32. The van der Waals surface area contributed by atoms with Crippen LogP contribution in [0.3, 0.4) is 0 Å². The summed E-state index contributed by atoms with van der Waals surface area (Å²) in [5.74, 6) is 1.58. The summed E-state index contributed by atoms with van der Waals surface area (Å²) >= 11 is 0. The molecule has 0 aliphatic rings. The van der Waals surface area contributed by atoms with Gasteiger partial charge < -0.3 is 9.84 Å². The third kappa shape index (κ3) is 4.66. The summed E-state index contributed by atoms with van der Waals surface area (Å²) in [5.41, 5.74) is 1.72. The number of ether oxygens (including phenoxy) is 1. The van der Waals surface area contributed by atoms with E-state index < -0.39 is 5.60 Å². The van der Waals surface area contributed by atoms with Crippen LogP contribution in [0.2, 0.25) is 0 Å². The highest BCUT2D eigenvalue weighted by atomic mass is 16.5. The van der Waals surface area contributed by atoms with Gasteiger partial charge in [-0.25, -0.2) is 0 Å². The average molecular weight is 358 g/mol. The van der Waals surface area contributed by atoms with Gasteiger partial charge in [0.15, 0.2) is 0 Å². The van der Waals surface area contributed by atoms with Crippen LogP contribution in [-0.4, -0.2) is 5.11 Å². The molecule has 0 radical (unpaired) electrons. The predicted molar refractivity (Wildman–Crippen MR) is 112 cm³/mol. The Bertz CT molecular complexity index is 878. The SMILES string of the molecule is CCC/C=C/c1ccccc1Oc1ccc(C(C)(O)c2ccccc2)cc1. The Hall–Kier alpha value is -2.84. The minimum Gasteiger partial charge on any atom is -0.457 e. The fourth-order valence-corrected chi connectivity index (χ4v) is 2.99. The summed E-state index contributed by atoms with van der Waals surface area (Å²) in [6.45, 7) is 3.98. The van der Waals surface area contributed by atoms with Gasteiger partial charge in [0.2, 0.25) is 0 Å². The van der Waals surface area contributed by atoms with Crippen molar-refractivity contribution in [3.05, 3.63) is 102 Å². The standard InChI is InChI=1S/C25H26O2/c1-3-4-6-11-20-12-9-10-15-24(20)27-23-18-16-22(17-19-23)25(2,26)21-13-7-5-8-14-21/h5-19,26H,3-4H2,1-2H3/b11-6+. The lowest BCUT2D eigenvalue weighted by Gasteiger charge is -2.24. The maximum Gasteiger partial charge on any atom is 0.134 e. The van der Waals surface area contributed by atoms with E-state index in [0.717, 1.165) is 41.0 Å². The minimum absolute atomic E-state index is 0.749. The normalized spacial score (nSPS) is 13.4.